The Balaban J connectivity index is 2.35. The van der Waals surface area contributed by atoms with Gasteiger partial charge in [-0.3, -0.25) is 14.9 Å². The predicted octanol–water partition coefficient (Wildman–Crippen LogP) is 1.75. The third-order valence-electron chi connectivity index (χ3n) is 4.06. The summed E-state index contributed by atoms with van der Waals surface area (Å²) in [6.07, 6.45) is 0.838. The summed E-state index contributed by atoms with van der Waals surface area (Å²) in [7, 11) is 0. The van der Waals surface area contributed by atoms with Crippen LogP contribution in [0.5, 0.6) is 0 Å². The molecule has 1 aliphatic rings. The zero-order chi connectivity index (χ0) is 14.9. The van der Waals surface area contributed by atoms with Gasteiger partial charge in [-0.05, 0) is 25.3 Å². The van der Waals surface area contributed by atoms with E-state index in [1.807, 2.05) is 6.92 Å². The molecular weight excluding hydrogens is 260 g/mol. The minimum atomic E-state index is -0.484. The van der Waals surface area contributed by atoms with E-state index >= 15 is 0 Å². The Morgan fingerprint density at radius 3 is 2.85 bits per heavy atom. The molecule has 0 radical (unpaired) electrons. The lowest BCUT2D eigenvalue weighted by molar-refractivity contribution is -0.385. The number of hydrogen-bond donors (Lipinski definition) is 1. The summed E-state index contributed by atoms with van der Waals surface area (Å²) < 4.78 is 0. The summed E-state index contributed by atoms with van der Waals surface area (Å²) in [5.74, 6) is -0.00226. The lowest BCUT2D eigenvalue weighted by Gasteiger charge is -2.25. The molecule has 20 heavy (non-hydrogen) atoms. The van der Waals surface area contributed by atoms with E-state index in [-0.39, 0.29) is 30.2 Å². The van der Waals surface area contributed by atoms with Crippen molar-refractivity contribution in [1.29, 1.82) is 0 Å². The number of aliphatic hydroxyl groups is 1. The van der Waals surface area contributed by atoms with E-state index in [0.29, 0.717) is 17.7 Å². The molecule has 1 fully saturated rings. The van der Waals surface area contributed by atoms with Gasteiger partial charge in [0.2, 0.25) is 0 Å². The quantitative estimate of drug-likeness (QED) is 0.674. The second-order valence-corrected chi connectivity index (χ2v) is 5.22. The van der Waals surface area contributed by atoms with Crippen LogP contribution >= 0.6 is 0 Å². The molecule has 2 unspecified atom stereocenters. The molecule has 0 saturated carbocycles. The molecule has 0 bridgehead atoms. The van der Waals surface area contributed by atoms with E-state index < -0.39 is 4.92 Å². The third-order valence-corrected chi connectivity index (χ3v) is 4.06. The van der Waals surface area contributed by atoms with Gasteiger partial charge in [0.1, 0.15) is 0 Å². The number of amides is 1. The average Bonchev–Trinajstić information content (AvgIpc) is 2.79. The Morgan fingerprint density at radius 2 is 2.25 bits per heavy atom. The van der Waals surface area contributed by atoms with E-state index in [2.05, 4.69) is 0 Å². The molecule has 2 atom stereocenters. The topological polar surface area (TPSA) is 83.7 Å². The molecule has 1 heterocycles. The van der Waals surface area contributed by atoms with Gasteiger partial charge in [-0.15, -0.1) is 0 Å². The molecule has 108 valence electrons. The predicted molar refractivity (Wildman–Crippen MR) is 73.5 cm³/mol. The third kappa shape index (κ3) is 2.38. The van der Waals surface area contributed by atoms with Crippen LogP contribution in [0.25, 0.3) is 0 Å². The number of carbonyl (C=O) groups excluding carboxylic acids is 1. The zero-order valence-electron chi connectivity index (χ0n) is 11.6. The van der Waals surface area contributed by atoms with E-state index in [1.165, 1.54) is 12.1 Å². The molecule has 0 aliphatic carbocycles. The van der Waals surface area contributed by atoms with Gasteiger partial charge >= 0.3 is 0 Å². The smallest absolute Gasteiger partial charge is 0.273 e. The van der Waals surface area contributed by atoms with Crippen LogP contribution in [0.3, 0.4) is 0 Å². The SMILES string of the molecule is Cc1c(C(=O)N2CCC(C)C2CO)cccc1[N+](=O)[O-]. The van der Waals surface area contributed by atoms with Crippen LogP contribution in [0.1, 0.15) is 29.3 Å². The number of hydrogen-bond acceptors (Lipinski definition) is 4. The summed E-state index contributed by atoms with van der Waals surface area (Å²) in [5, 5.41) is 20.3. The molecular formula is C14H18N2O4. The van der Waals surface area contributed by atoms with Gasteiger partial charge in [0.05, 0.1) is 17.6 Å². The van der Waals surface area contributed by atoms with Crippen molar-refractivity contribution in [2.24, 2.45) is 5.92 Å². The van der Waals surface area contributed by atoms with Crippen LogP contribution in [-0.2, 0) is 0 Å². The standard InChI is InChI=1S/C14H18N2O4/c1-9-6-7-15(13(9)8-17)14(18)11-4-3-5-12(10(11)2)16(19)20/h3-5,9,13,17H,6-8H2,1-2H3. The fourth-order valence-corrected chi connectivity index (χ4v) is 2.75. The Labute approximate surface area is 117 Å². The maximum absolute atomic E-state index is 12.5. The molecule has 2 rings (SSSR count). The van der Waals surface area contributed by atoms with Gasteiger partial charge in [0.25, 0.3) is 11.6 Å². The number of nitro groups is 1. The normalized spacial score (nSPS) is 22.1. The summed E-state index contributed by atoms with van der Waals surface area (Å²) in [5.41, 5.74) is 0.661. The number of rotatable bonds is 3. The van der Waals surface area contributed by atoms with E-state index in [0.717, 1.165) is 6.42 Å². The summed E-state index contributed by atoms with van der Waals surface area (Å²) >= 11 is 0. The van der Waals surface area contributed by atoms with E-state index in [4.69, 9.17) is 0 Å². The fourth-order valence-electron chi connectivity index (χ4n) is 2.75. The maximum atomic E-state index is 12.5. The summed E-state index contributed by atoms with van der Waals surface area (Å²) in [6, 6.07) is 4.30. The highest BCUT2D eigenvalue weighted by molar-refractivity contribution is 5.97. The molecule has 0 aromatic heterocycles. The van der Waals surface area contributed by atoms with Crippen LogP contribution in [0.15, 0.2) is 18.2 Å². The number of nitrogens with zero attached hydrogens (tertiary/aromatic N) is 2. The van der Waals surface area contributed by atoms with Gasteiger partial charge in [0, 0.05) is 23.7 Å². The Bertz CT molecular complexity index is 544. The lowest BCUT2D eigenvalue weighted by Crippen LogP contribution is -2.40. The first-order valence-electron chi connectivity index (χ1n) is 6.63. The van der Waals surface area contributed by atoms with Crippen molar-refractivity contribution >= 4 is 11.6 Å². The molecule has 1 aromatic rings. The Kier molecular flexibility index (Phi) is 4.04. The number of nitro benzene ring substituents is 1. The number of aliphatic hydroxyl groups excluding tert-OH is 1. The van der Waals surface area contributed by atoms with Crippen molar-refractivity contribution in [2.75, 3.05) is 13.2 Å². The molecule has 6 heteroatoms. The molecule has 0 spiro atoms. The molecule has 1 amide bonds. The lowest BCUT2D eigenvalue weighted by atomic mass is 10.0. The number of likely N-dealkylation sites (tertiary alicyclic amines) is 1. The van der Waals surface area contributed by atoms with Crippen LogP contribution in [0, 0.1) is 23.0 Å². The Morgan fingerprint density at radius 1 is 1.55 bits per heavy atom. The minimum absolute atomic E-state index is 0.0522. The maximum Gasteiger partial charge on any atom is 0.273 e. The van der Waals surface area contributed by atoms with E-state index in [1.54, 1.807) is 17.9 Å². The zero-order valence-corrected chi connectivity index (χ0v) is 11.6. The van der Waals surface area contributed by atoms with Crippen molar-refractivity contribution in [2.45, 2.75) is 26.3 Å². The van der Waals surface area contributed by atoms with Gasteiger partial charge in [0.15, 0.2) is 0 Å². The summed E-state index contributed by atoms with van der Waals surface area (Å²) in [6.45, 7) is 4.07. The molecule has 1 saturated heterocycles. The van der Waals surface area contributed by atoms with Gasteiger partial charge < -0.3 is 10.0 Å². The minimum Gasteiger partial charge on any atom is -0.394 e. The van der Waals surface area contributed by atoms with Crippen molar-refractivity contribution in [3.05, 3.63) is 39.4 Å². The van der Waals surface area contributed by atoms with Crippen LogP contribution in [0.2, 0.25) is 0 Å². The van der Waals surface area contributed by atoms with Crippen molar-refractivity contribution < 1.29 is 14.8 Å². The molecule has 1 N–H and O–H groups in total. The molecule has 1 aliphatic heterocycles. The first-order valence-corrected chi connectivity index (χ1v) is 6.63. The second kappa shape index (κ2) is 5.58. The first-order chi connectivity index (χ1) is 9.47. The molecule has 1 aromatic carbocycles. The van der Waals surface area contributed by atoms with Crippen molar-refractivity contribution in [3.63, 3.8) is 0 Å². The molecule has 6 nitrogen and oxygen atoms in total. The van der Waals surface area contributed by atoms with Gasteiger partial charge in [-0.2, -0.15) is 0 Å². The number of carbonyl (C=O) groups is 1. The van der Waals surface area contributed by atoms with Gasteiger partial charge in [-0.25, -0.2) is 0 Å². The highest BCUT2D eigenvalue weighted by atomic mass is 16.6. The first kappa shape index (κ1) is 14.5. The summed E-state index contributed by atoms with van der Waals surface area (Å²) in [4.78, 5) is 24.6. The highest BCUT2D eigenvalue weighted by Gasteiger charge is 2.35. The van der Waals surface area contributed by atoms with Crippen LogP contribution in [0.4, 0.5) is 5.69 Å². The van der Waals surface area contributed by atoms with Crippen molar-refractivity contribution in [1.82, 2.24) is 4.90 Å². The monoisotopic (exact) mass is 278 g/mol. The van der Waals surface area contributed by atoms with Crippen molar-refractivity contribution in [3.8, 4) is 0 Å². The van der Waals surface area contributed by atoms with Crippen LogP contribution < -0.4 is 0 Å². The second-order valence-electron chi connectivity index (χ2n) is 5.22. The van der Waals surface area contributed by atoms with Gasteiger partial charge in [-0.1, -0.05) is 13.0 Å². The Hall–Kier alpha value is -1.95. The average molecular weight is 278 g/mol. The number of benzene rings is 1. The fraction of sp³-hybridized carbons (Fsp3) is 0.500. The van der Waals surface area contributed by atoms with Crippen LogP contribution in [-0.4, -0.2) is 40.0 Å². The highest BCUT2D eigenvalue weighted by Crippen LogP contribution is 2.28. The largest absolute Gasteiger partial charge is 0.394 e. The van der Waals surface area contributed by atoms with E-state index in [9.17, 15) is 20.0 Å².